The van der Waals surface area contributed by atoms with Gasteiger partial charge in [0.1, 0.15) is 11.9 Å². The van der Waals surface area contributed by atoms with Gasteiger partial charge in [0.15, 0.2) is 0 Å². The van der Waals surface area contributed by atoms with Gasteiger partial charge in [-0.05, 0) is 38.0 Å². The second-order valence-electron chi connectivity index (χ2n) is 9.31. The van der Waals surface area contributed by atoms with Gasteiger partial charge >= 0.3 is 5.97 Å². The number of allylic oxidation sites excluding steroid dienone is 1. The first-order chi connectivity index (χ1) is 12.9. The van der Waals surface area contributed by atoms with E-state index in [9.17, 15) is 19.8 Å². The van der Waals surface area contributed by atoms with Crippen molar-refractivity contribution in [2.24, 2.45) is 35.5 Å². The van der Waals surface area contributed by atoms with Gasteiger partial charge in [-0.2, -0.15) is 0 Å². The molecule has 2 N–H and O–H groups in total. The molecule has 1 rings (SSSR count). The molecule has 0 radical (unpaired) electrons. The van der Waals surface area contributed by atoms with Crippen molar-refractivity contribution in [3.8, 4) is 0 Å². The van der Waals surface area contributed by atoms with Crippen LogP contribution in [-0.4, -0.2) is 39.8 Å². The second-order valence-corrected chi connectivity index (χ2v) is 9.31. The molecule has 0 amide bonds. The fourth-order valence-electron chi connectivity index (χ4n) is 4.87. The molecule has 0 aromatic heterocycles. The number of hydrogen-bond donors (Lipinski definition) is 2. The highest BCUT2D eigenvalue weighted by molar-refractivity contribution is 5.83. The van der Waals surface area contributed by atoms with Gasteiger partial charge in [0.05, 0.1) is 17.6 Å². The summed E-state index contributed by atoms with van der Waals surface area (Å²) in [5, 5.41) is 21.7. The summed E-state index contributed by atoms with van der Waals surface area (Å²) >= 11 is 0. The molecule has 162 valence electrons. The molecule has 1 unspecified atom stereocenters. The molecule has 5 nitrogen and oxygen atoms in total. The van der Waals surface area contributed by atoms with Crippen molar-refractivity contribution < 1.29 is 24.5 Å². The van der Waals surface area contributed by atoms with Gasteiger partial charge in [-0.1, -0.05) is 47.6 Å². The standard InChI is InChI=1S/C23H40O5/c1-9-18-13(3)11-23(8,27)12-14(4)20(24)17(7)21(25)16(6)19(10-2)28-22(26)15(18)5/h9,13-19,21,25,27H,1,10-12H2,2-8H3/t13-,14-,15-,16+,17+,18?,19-,21+,23+/m1/s1. The first-order valence-electron chi connectivity index (χ1n) is 10.6. The van der Waals surface area contributed by atoms with E-state index in [0.29, 0.717) is 19.3 Å². The monoisotopic (exact) mass is 396 g/mol. The second kappa shape index (κ2) is 10.0. The Morgan fingerprint density at radius 1 is 1.14 bits per heavy atom. The molecule has 1 aliphatic heterocycles. The van der Waals surface area contributed by atoms with Crippen LogP contribution in [0.1, 0.15) is 67.7 Å². The van der Waals surface area contributed by atoms with Crippen LogP contribution < -0.4 is 0 Å². The van der Waals surface area contributed by atoms with E-state index in [1.54, 1.807) is 19.9 Å². The number of carbonyl (C=O) groups excluding carboxylic acids is 2. The van der Waals surface area contributed by atoms with Crippen molar-refractivity contribution in [3.63, 3.8) is 0 Å². The van der Waals surface area contributed by atoms with Gasteiger partial charge in [0.2, 0.25) is 0 Å². The minimum Gasteiger partial charge on any atom is -0.462 e. The number of hydrogen-bond acceptors (Lipinski definition) is 5. The third-order valence-corrected chi connectivity index (χ3v) is 6.63. The minimum atomic E-state index is -1.05. The molecule has 0 spiro atoms. The van der Waals surface area contributed by atoms with Crippen LogP contribution in [0.4, 0.5) is 0 Å². The number of rotatable bonds is 2. The number of carbonyl (C=O) groups is 2. The van der Waals surface area contributed by atoms with Gasteiger partial charge in [0, 0.05) is 17.8 Å². The molecule has 1 saturated heterocycles. The summed E-state index contributed by atoms with van der Waals surface area (Å²) in [7, 11) is 0. The van der Waals surface area contributed by atoms with Crippen molar-refractivity contribution in [1.29, 1.82) is 0 Å². The van der Waals surface area contributed by atoms with E-state index < -0.39 is 29.6 Å². The van der Waals surface area contributed by atoms with Crippen molar-refractivity contribution in [1.82, 2.24) is 0 Å². The van der Waals surface area contributed by atoms with Crippen molar-refractivity contribution in [3.05, 3.63) is 12.7 Å². The van der Waals surface area contributed by atoms with Gasteiger partial charge in [0.25, 0.3) is 0 Å². The van der Waals surface area contributed by atoms with Gasteiger partial charge < -0.3 is 14.9 Å². The molecule has 1 fully saturated rings. The van der Waals surface area contributed by atoms with Crippen molar-refractivity contribution >= 4 is 11.8 Å². The summed E-state index contributed by atoms with van der Waals surface area (Å²) in [6.45, 7) is 16.7. The van der Waals surface area contributed by atoms with E-state index in [1.807, 2.05) is 34.6 Å². The topological polar surface area (TPSA) is 83.8 Å². The quantitative estimate of drug-likeness (QED) is 0.548. The number of cyclic esters (lactones) is 1. The summed E-state index contributed by atoms with van der Waals surface area (Å²) in [6.07, 6.45) is 1.72. The summed E-state index contributed by atoms with van der Waals surface area (Å²) < 4.78 is 5.76. The molecular formula is C23H40O5. The average molecular weight is 397 g/mol. The number of aliphatic hydroxyl groups excluding tert-OH is 1. The van der Waals surface area contributed by atoms with Crippen LogP contribution in [0.2, 0.25) is 0 Å². The molecule has 0 bridgehead atoms. The smallest absolute Gasteiger partial charge is 0.309 e. The Morgan fingerprint density at radius 3 is 2.21 bits per heavy atom. The van der Waals surface area contributed by atoms with Crippen LogP contribution in [0.15, 0.2) is 12.7 Å². The Bertz CT molecular complexity index is 555. The third kappa shape index (κ3) is 5.90. The predicted molar refractivity (Wildman–Crippen MR) is 111 cm³/mol. The maximum absolute atomic E-state index is 12.9. The van der Waals surface area contributed by atoms with Crippen LogP contribution in [0.5, 0.6) is 0 Å². The zero-order valence-corrected chi connectivity index (χ0v) is 18.6. The van der Waals surface area contributed by atoms with E-state index in [0.717, 1.165) is 0 Å². The van der Waals surface area contributed by atoms with E-state index >= 15 is 0 Å². The fourth-order valence-corrected chi connectivity index (χ4v) is 4.87. The number of esters is 1. The van der Waals surface area contributed by atoms with Gasteiger partial charge in [-0.15, -0.1) is 6.58 Å². The molecule has 1 heterocycles. The number of ketones is 1. The molecule has 5 heteroatoms. The largest absolute Gasteiger partial charge is 0.462 e. The van der Waals surface area contributed by atoms with E-state index in [2.05, 4.69) is 6.58 Å². The third-order valence-electron chi connectivity index (χ3n) is 6.63. The van der Waals surface area contributed by atoms with Crippen LogP contribution in [0, 0.1) is 35.5 Å². The minimum absolute atomic E-state index is 0.000747. The average Bonchev–Trinajstić information content (AvgIpc) is 2.62. The number of ether oxygens (including phenoxy) is 1. The summed E-state index contributed by atoms with van der Waals surface area (Å²) in [5.74, 6) is -2.27. The Kier molecular flexibility index (Phi) is 8.89. The number of aliphatic hydroxyl groups is 2. The Morgan fingerprint density at radius 2 is 1.71 bits per heavy atom. The molecule has 28 heavy (non-hydrogen) atoms. The van der Waals surface area contributed by atoms with Crippen LogP contribution >= 0.6 is 0 Å². The highest BCUT2D eigenvalue weighted by Gasteiger charge is 2.39. The van der Waals surface area contributed by atoms with E-state index in [-0.39, 0.29) is 35.4 Å². The lowest BCUT2D eigenvalue weighted by Gasteiger charge is -2.37. The fraction of sp³-hybridized carbons (Fsp3) is 0.826. The summed E-state index contributed by atoms with van der Waals surface area (Å²) in [5.41, 5.74) is -1.05. The van der Waals surface area contributed by atoms with Gasteiger partial charge in [-0.25, -0.2) is 0 Å². The van der Waals surface area contributed by atoms with Crippen molar-refractivity contribution in [2.45, 2.75) is 85.5 Å². The maximum Gasteiger partial charge on any atom is 0.309 e. The molecule has 9 atom stereocenters. The van der Waals surface area contributed by atoms with Crippen LogP contribution in [0.25, 0.3) is 0 Å². The van der Waals surface area contributed by atoms with E-state index in [4.69, 9.17) is 4.74 Å². The Labute approximate surface area is 170 Å². The highest BCUT2D eigenvalue weighted by atomic mass is 16.5. The van der Waals surface area contributed by atoms with E-state index in [1.165, 1.54) is 0 Å². The predicted octanol–water partition coefficient (Wildman–Crippen LogP) is 3.77. The lowest BCUT2D eigenvalue weighted by molar-refractivity contribution is -0.162. The maximum atomic E-state index is 12.9. The number of Topliss-reactive ketones (excluding diaryl/α,β-unsaturated/α-hetero) is 1. The van der Waals surface area contributed by atoms with Gasteiger partial charge in [-0.3, -0.25) is 9.59 Å². The zero-order valence-electron chi connectivity index (χ0n) is 18.6. The van der Waals surface area contributed by atoms with Crippen LogP contribution in [0.3, 0.4) is 0 Å². The van der Waals surface area contributed by atoms with Crippen LogP contribution in [-0.2, 0) is 14.3 Å². The molecule has 0 saturated carbocycles. The first kappa shape index (κ1) is 24.8. The summed E-state index contributed by atoms with van der Waals surface area (Å²) in [4.78, 5) is 25.7. The lowest BCUT2D eigenvalue weighted by atomic mass is 9.74. The Hall–Kier alpha value is -1.20. The Balaban J connectivity index is 3.30. The lowest BCUT2D eigenvalue weighted by Crippen LogP contribution is -2.43. The molecular weight excluding hydrogens is 356 g/mol. The SMILES string of the molecule is C=CC1[C@H](C)C[C@](C)(O)C[C@@H](C)C(=O)[C@H](C)[C@@H](O)[C@@H](C)[C@@H](CC)OC(=O)[C@@H]1C. The van der Waals surface area contributed by atoms with Crippen molar-refractivity contribution in [2.75, 3.05) is 0 Å². The summed E-state index contributed by atoms with van der Waals surface area (Å²) in [6, 6.07) is 0. The highest BCUT2D eigenvalue weighted by Crippen LogP contribution is 2.35. The normalized spacial score (nSPS) is 44.5. The molecule has 1 aliphatic rings. The molecule has 0 aliphatic carbocycles. The zero-order chi connectivity index (χ0) is 21.8. The molecule has 0 aromatic carbocycles. The molecule has 0 aromatic rings. The first-order valence-corrected chi connectivity index (χ1v) is 10.6.